The summed E-state index contributed by atoms with van der Waals surface area (Å²) in [6, 6.07) is 8.66. The van der Waals surface area contributed by atoms with Crippen molar-refractivity contribution in [2.45, 2.75) is 114 Å². The second-order valence-corrected chi connectivity index (χ2v) is 20.4. The van der Waals surface area contributed by atoms with Gasteiger partial charge in [0.2, 0.25) is 11.8 Å². The lowest BCUT2D eigenvalue weighted by Gasteiger charge is -2.42. The molecule has 7 rings (SSSR count). The van der Waals surface area contributed by atoms with Gasteiger partial charge in [-0.25, -0.2) is 4.68 Å². The number of Topliss-reactive ketones (excluding diaryl/α,β-unsaturated/α-hetero) is 1. The fourth-order valence-electron chi connectivity index (χ4n) is 9.32. The van der Waals surface area contributed by atoms with E-state index in [4.69, 9.17) is 76.6 Å². The number of fused-ring (bicyclic) bond motifs is 6. The Labute approximate surface area is 477 Å². The van der Waals surface area contributed by atoms with E-state index in [1.807, 2.05) is 32.0 Å². The standard InChI is InChI=1S/C33H51N5O11.C20H34N4O9/c1-25-30(41)31(42)33(24-48-32(25)49-33)23-47-19-18-45-17-16-44-15-14-43-13-11-38-21-27(36-37-38)22-46-12-10-35-29(40)8-5-9-34-20-28(39)26-6-3-2-4-7-26;1-14(25)23-15-16-17(32-19(2,3)31-16)20(13-30-18(15)33-20)12-29-11-10-28-9-8-27-7-6-26-5-4-22-24-21/h2-4,6-7,21,25,30-32,34,41-42H,5,8-20,22-24H2,1H3,(H,35,40);15-18H,4-13H2,1-3H3,(H,23,25)/t25-,30-,31-,32+,33+;15-,16-,17-,18+,20+/m11/s1. The third-order valence-corrected chi connectivity index (χ3v) is 13.5. The van der Waals surface area contributed by atoms with Crippen molar-refractivity contribution < 1.29 is 95.6 Å². The lowest BCUT2D eigenvalue weighted by molar-refractivity contribution is -0.248. The van der Waals surface area contributed by atoms with Crippen molar-refractivity contribution in [3.05, 3.63) is 58.2 Å². The lowest BCUT2D eigenvalue weighted by Crippen LogP contribution is -2.65. The van der Waals surface area contributed by atoms with Crippen LogP contribution in [0.15, 0.2) is 41.6 Å². The van der Waals surface area contributed by atoms with Gasteiger partial charge in [0.05, 0.1) is 158 Å². The highest BCUT2D eigenvalue weighted by atomic mass is 16.8. The van der Waals surface area contributed by atoms with Gasteiger partial charge in [-0.1, -0.05) is 47.6 Å². The van der Waals surface area contributed by atoms with E-state index in [1.165, 1.54) is 6.92 Å². The number of hydrogen-bond donors (Lipinski definition) is 5. The van der Waals surface area contributed by atoms with Crippen LogP contribution in [0.1, 0.15) is 56.6 Å². The number of azide groups is 1. The van der Waals surface area contributed by atoms with Gasteiger partial charge in [0.15, 0.2) is 24.2 Å². The highest BCUT2D eigenvalue weighted by Gasteiger charge is 2.66. The van der Waals surface area contributed by atoms with E-state index in [2.05, 4.69) is 36.3 Å². The Balaban J connectivity index is 0.000000285. The van der Waals surface area contributed by atoms with Crippen LogP contribution >= 0.6 is 0 Å². The predicted octanol–water partition coefficient (Wildman–Crippen LogP) is 0.226. The average Bonchev–Trinajstić information content (AvgIpc) is 3.12. The largest absolute Gasteiger partial charge is 0.390 e. The highest BCUT2D eigenvalue weighted by molar-refractivity contribution is 5.97. The first-order valence-corrected chi connectivity index (χ1v) is 28.0. The minimum atomic E-state index is -1.07. The molecule has 2 aromatic rings. The zero-order valence-corrected chi connectivity index (χ0v) is 47.6. The molecule has 10 atom stereocenters. The van der Waals surface area contributed by atoms with Crippen LogP contribution in [0.3, 0.4) is 0 Å². The zero-order valence-electron chi connectivity index (χ0n) is 47.6. The maximum Gasteiger partial charge on any atom is 0.220 e. The maximum absolute atomic E-state index is 12.0. The molecule has 5 aliphatic rings. The summed E-state index contributed by atoms with van der Waals surface area (Å²) in [5, 5.41) is 40.9. The highest BCUT2D eigenvalue weighted by Crippen LogP contribution is 2.46. The molecule has 29 heteroatoms. The van der Waals surface area contributed by atoms with Gasteiger partial charge < -0.3 is 97.2 Å². The number of aliphatic hydroxyl groups excluding tert-OH is 2. The topological polar surface area (TPSA) is 346 Å². The van der Waals surface area contributed by atoms with Crippen LogP contribution in [-0.2, 0) is 93.8 Å². The SMILES string of the molecule is CC(=O)N[C@H]1[C@H]2OC[C@](COCCOCCOCCOCCN=[N+]=[N-])(O2)[C@@H]2OC(C)(C)O[C@H]12.C[C@H]1[C@H]2OC[C@](COCCOCCOCCOCCn3cc(COCCNC(=O)CCCNCC(=O)c4ccccc4)nn3)(O2)[C@H](O)[C@@H]1O. The zero-order chi connectivity index (χ0) is 58.5. The number of carbonyl (C=O) groups excluding carboxylic acids is 3. The number of nitrogens with zero attached hydrogens (tertiary/aromatic N) is 6. The fraction of sp³-hybridized carbons (Fsp3) is 0.792. The molecule has 0 spiro atoms. The van der Waals surface area contributed by atoms with Crippen molar-refractivity contribution >= 4 is 17.6 Å². The molecule has 1 aromatic carbocycles. The van der Waals surface area contributed by atoms with Gasteiger partial charge in [0.1, 0.15) is 41.2 Å². The molecule has 5 N–H and O–H groups in total. The smallest absolute Gasteiger partial charge is 0.220 e. The first kappa shape index (κ1) is 66.7. The summed E-state index contributed by atoms with van der Waals surface area (Å²) in [5.41, 5.74) is 7.66. The second kappa shape index (κ2) is 35.8. The molecule has 4 bridgehead atoms. The molecule has 0 saturated carbocycles. The van der Waals surface area contributed by atoms with E-state index < -0.39 is 60.0 Å². The third kappa shape index (κ3) is 21.9. The van der Waals surface area contributed by atoms with Crippen LogP contribution in [0.5, 0.6) is 0 Å². The van der Waals surface area contributed by atoms with Crippen molar-refractivity contribution in [1.82, 2.24) is 30.9 Å². The number of rotatable bonds is 41. The lowest BCUT2D eigenvalue weighted by atomic mass is 9.86. The Morgan fingerprint density at radius 1 is 0.756 bits per heavy atom. The van der Waals surface area contributed by atoms with E-state index in [9.17, 15) is 24.6 Å². The quantitative estimate of drug-likeness (QED) is 0.0196. The number of aromatic nitrogens is 3. The van der Waals surface area contributed by atoms with E-state index in [-0.39, 0.29) is 63.1 Å². The maximum atomic E-state index is 12.0. The van der Waals surface area contributed by atoms with Crippen molar-refractivity contribution in [1.29, 1.82) is 0 Å². The normalized spacial score (nSPS) is 26.6. The second-order valence-electron chi connectivity index (χ2n) is 20.4. The van der Waals surface area contributed by atoms with Gasteiger partial charge in [-0.05, 0) is 32.3 Å². The molecule has 1 aromatic heterocycles. The van der Waals surface area contributed by atoms with Gasteiger partial charge >= 0.3 is 0 Å². The molecule has 0 radical (unpaired) electrons. The Bertz CT molecular complexity index is 2220. The average molecular weight is 1170 g/mol. The minimum Gasteiger partial charge on any atom is -0.390 e. The van der Waals surface area contributed by atoms with Gasteiger partial charge in [-0.2, -0.15) is 0 Å². The van der Waals surface area contributed by atoms with Crippen LogP contribution < -0.4 is 16.0 Å². The van der Waals surface area contributed by atoms with Gasteiger partial charge in [0, 0.05) is 42.8 Å². The Kier molecular flexibility index (Phi) is 29.1. The summed E-state index contributed by atoms with van der Waals surface area (Å²) in [6.45, 7) is 16.2. The summed E-state index contributed by atoms with van der Waals surface area (Å²) < 4.78 is 87.0. The van der Waals surface area contributed by atoms with Crippen molar-refractivity contribution in [2.24, 2.45) is 11.0 Å². The monoisotopic (exact) mass is 1170 g/mol. The van der Waals surface area contributed by atoms with Crippen molar-refractivity contribution in [3.8, 4) is 0 Å². The molecule has 462 valence electrons. The number of hydrogen-bond acceptors (Lipinski definition) is 24. The van der Waals surface area contributed by atoms with E-state index >= 15 is 0 Å². The van der Waals surface area contributed by atoms with Crippen LogP contribution in [0.25, 0.3) is 10.4 Å². The fourth-order valence-corrected chi connectivity index (χ4v) is 9.32. The number of benzene rings is 1. The summed E-state index contributed by atoms with van der Waals surface area (Å²) in [5.74, 6) is -1.32. The van der Waals surface area contributed by atoms with Crippen molar-refractivity contribution in [3.63, 3.8) is 0 Å². The number of ether oxygens (including phenoxy) is 15. The summed E-state index contributed by atoms with van der Waals surface area (Å²) in [7, 11) is 0. The Morgan fingerprint density at radius 3 is 2.01 bits per heavy atom. The first-order valence-electron chi connectivity index (χ1n) is 28.0. The summed E-state index contributed by atoms with van der Waals surface area (Å²) in [6.07, 6.45) is -1.17. The van der Waals surface area contributed by atoms with Gasteiger partial charge in [0.25, 0.3) is 0 Å². The van der Waals surface area contributed by atoms with Crippen LogP contribution in [0, 0.1) is 5.92 Å². The van der Waals surface area contributed by atoms with Gasteiger partial charge in [-0.3, -0.25) is 14.4 Å². The summed E-state index contributed by atoms with van der Waals surface area (Å²) >= 11 is 0. The molecule has 5 aliphatic heterocycles. The summed E-state index contributed by atoms with van der Waals surface area (Å²) in [4.78, 5) is 38.3. The molecular formula is C53H85N9O20. The first-order chi connectivity index (χ1) is 39.7. The molecule has 82 heavy (non-hydrogen) atoms. The molecule has 0 unspecified atom stereocenters. The van der Waals surface area contributed by atoms with Crippen LogP contribution in [0.2, 0.25) is 0 Å². The molecule has 0 aliphatic carbocycles. The molecular weight excluding hydrogens is 1080 g/mol. The number of aliphatic hydroxyl groups is 2. The van der Waals surface area contributed by atoms with Gasteiger partial charge in [-0.15, -0.1) is 5.10 Å². The van der Waals surface area contributed by atoms with Crippen LogP contribution in [-0.4, -0.2) is 255 Å². The predicted molar refractivity (Wildman–Crippen MR) is 286 cm³/mol. The van der Waals surface area contributed by atoms with Crippen molar-refractivity contribution in [2.75, 3.05) is 152 Å². The molecule has 5 saturated heterocycles. The number of amides is 2. The molecule has 5 fully saturated rings. The molecule has 6 heterocycles. The minimum absolute atomic E-state index is 0.0296. The molecule has 29 nitrogen and oxygen atoms in total. The van der Waals surface area contributed by atoms with Crippen LogP contribution in [0.4, 0.5) is 0 Å². The third-order valence-electron chi connectivity index (χ3n) is 13.5. The number of nitrogens with one attached hydrogen (secondary N) is 3. The van der Waals surface area contributed by atoms with E-state index in [1.54, 1.807) is 29.9 Å². The Hall–Kier alpha value is -4.44. The number of carbonyl (C=O) groups is 3. The Morgan fingerprint density at radius 2 is 1.35 bits per heavy atom. The van der Waals surface area contributed by atoms with E-state index in [0.29, 0.717) is 149 Å². The van der Waals surface area contributed by atoms with E-state index in [0.717, 1.165) is 0 Å². The molecule has 2 amide bonds. The number of ketones is 1.